The summed E-state index contributed by atoms with van der Waals surface area (Å²) in [5, 5.41) is 6.51. The van der Waals surface area contributed by atoms with Crippen LogP contribution in [0.5, 0.6) is 0 Å². The fourth-order valence-electron chi connectivity index (χ4n) is 5.65. The highest BCUT2D eigenvalue weighted by Crippen LogP contribution is 2.33. The molecule has 186 valence electrons. The van der Waals surface area contributed by atoms with Gasteiger partial charge in [-0.25, -0.2) is 13.2 Å². The number of hydrogen-bond donors (Lipinski definition) is 2. The van der Waals surface area contributed by atoms with E-state index in [1.807, 2.05) is 6.07 Å². The Kier molecular flexibility index (Phi) is 6.41. The van der Waals surface area contributed by atoms with Gasteiger partial charge in [-0.2, -0.15) is 0 Å². The summed E-state index contributed by atoms with van der Waals surface area (Å²) in [7, 11) is -3.29. The Balaban J connectivity index is 1.20. The van der Waals surface area contributed by atoms with Crippen LogP contribution in [-0.2, 0) is 21.2 Å². The van der Waals surface area contributed by atoms with Crippen LogP contribution in [0.15, 0.2) is 59.5 Å². The molecule has 3 fully saturated rings. The molecule has 3 aliphatic heterocycles. The van der Waals surface area contributed by atoms with Crippen molar-refractivity contribution in [3.63, 3.8) is 0 Å². The smallest absolute Gasteiger partial charge is 0.323 e. The molecular weight excluding hydrogens is 464 g/mol. The number of hydrogen-bond acceptors (Lipinski definition) is 6. The van der Waals surface area contributed by atoms with Gasteiger partial charge in [-0.3, -0.25) is 9.69 Å². The van der Waals surface area contributed by atoms with Gasteiger partial charge < -0.3 is 15.5 Å². The quantitative estimate of drug-likeness (QED) is 0.594. The molecule has 3 amide bonds. The largest absolute Gasteiger partial charge is 0.325 e. The first-order valence-electron chi connectivity index (χ1n) is 12.2. The first-order chi connectivity index (χ1) is 16.7. The lowest BCUT2D eigenvalue weighted by Crippen LogP contribution is -2.55. The molecule has 3 heterocycles. The topological polar surface area (TPSA) is 98.8 Å². The number of imide groups is 1. The first kappa shape index (κ1) is 24.0. The van der Waals surface area contributed by atoms with Gasteiger partial charge in [0.25, 0.3) is 5.91 Å². The molecule has 2 aromatic rings. The molecule has 2 unspecified atom stereocenters. The Morgan fingerprint density at radius 1 is 0.971 bits per heavy atom. The molecule has 9 heteroatoms. The maximum atomic E-state index is 13.3. The van der Waals surface area contributed by atoms with Gasteiger partial charge in [-0.1, -0.05) is 42.5 Å². The van der Waals surface area contributed by atoms with E-state index in [2.05, 4.69) is 39.8 Å². The Bertz CT molecular complexity index is 1190. The lowest BCUT2D eigenvalue weighted by atomic mass is 9.85. The zero-order chi connectivity index (χ0) is 24.6. The van der Waals surface area contributed by atoms with E-state index in [1.54, 1.807) is 12.1 Å². The van der Waals surface area contributed by atoms with Gasteiger partial charge in [0.1, 0.15) is 5.54 Å². The van der Waals surface area contributed by atoms with Crippen molar-refractivity contribution in [3.8, 4) is 0 Å². The minimum atomic E-state index is -3.29. The van der Waals surface area contributed by atoms with Gasteiger partial charge in [0, 0.05) is 38.4 Å². The average Bonchev–Trinajstić information content (AvgIpc) is 3.39. The second-order valence-electron chi connectivity index (χ2n) is 10.1. The Morgan fingerprint density at radius 3 is 2.31 bits per heavy atom. The van der Waals surface area contributed by atoms with Crippen LogP contribution in [-0.4, -0.2) is 74.7 Å². The number of amides is 3. The van der Waals surface area contributed by atoms with Crippen molar-refractivity contribution >= 4 is 21.8 Å². The molecule has 2 atom stereocenters. The Hall–Kier alpha value is -2.75. The molecule has 3 saturated heterocycles. The molecule has 3 aliphatic rings. The molecule has 0 aromatic heterocycles. The van der Waals surface area contributed by atoms with Crippen LogP contribution in [0.4, 0.5) is 4.79 Å². The molecule has 2 aromatic carbocycles. The summed E-state index contributed by atoms with van der Waals surface area (Å²) in [5.41, 5.74) is 1.25. The van der Waals surface area contributed by atoms with Crippen LogP contribution < -0.4 is 10.6 Å². The van der Waals surface area contributed by atoms with Gasteiger partial charge in [0.05, 0.1) is 11.4 Å². The third-order valence-corrected chi connectivity index (χ3v) is 8.84. The maximum Gasteiger partial charge on any atom is 0.325 e. The molecule has 0 bridgehead atoms. The second-order valence-corrected chi connectivity index (χ2v) is 12.1. The lowest BCUT2D eigenvalue weighted by molar-refractivity contribution is -0.133. The molecule has 0 radical (unpaired) electrons. The summed E-state index contributed by atoms with van der Waals surface area (Å²) in [6, 6.07) is 16.6. The number of benzene rings is 2. The van der Waals surface area contributed by atoms with Crippen molar-refractivity contribution in [1.82, 2.24) is 20.4 Å². The minimum Gasteiger partial charge on any atom is -0.323 e. The fraction of sp³-hybridized carbons (Fsp3) is 0.462. The normalized spacial score (nSPS) is 24.8. The summed E-state index contributed by atoms with van der Waals surface area (Å²) < 4.78 is 23.4. The molecule has 0 saturated carbocycles. The average molecular weight is 497 g/mol. The molecule has 35 heavy (non-hydrogen) atoms. The van der Waals surface area contributed by atoms with Crippen molar-refractivity contribution in [2.75, 3.05) is 39.0 Å². The number of piperidine rings is 1. The molecule has 8 nitrogen and oxygen atoms in total. The van der Waals surface area contributed by atoms with Crippen molar-refractivity contribution < 1.29 is 18.0 Å². The van der Waals surface area contributed by atoms with Crippen molar-refractivity contribution in [2.24, 2.45) is 5.92 Å². The third kappa shape index (κ3) is 4.85. The van der Waals surface area contributed by atoms with E-state index in [-0.39, 0.29) is 23.4 Å². The van der Waals surface area contributed by atoms with Gasteiger partial charge in [-0.15, -0.1) is 0 Å². The van der Waals surface area contributed by atoms with E-state index in [0.29, 0.717) is 24.7 Å². The number of carbonyl (C=O) groups excluding carboxylic acids is 2. The number of rotatable bonds is 6. The van der Waals surface area contributed by atoms with E-state index >= 15 is 0 Å². The van der Waals surface area contributed by atoms with Gasteiger partial charge in [-0.05, 0) is 48.6 Å². The number of nitrogens with one attached hydrogen (secondary N) is 2. The standard InChI is InChI=1S/C26H32N4O4S/c1-35(33,34)22-9-7-19(8-10-22)17-30-24(31)26(28-25(30)32)11-13-29(14-12-26)18-21-15-27-16-23(21)20-5-3-2-4-6-20/h2-10,21,23,27H,11-18H2,1H3,(H,28,32). The van der Waals surface area contributed by atoms with Crippen LogP contribution in [0, 0.1) is 5.92 Å². The van der Waals surface area contributed by atoms with Crippen LogP contribution >= 0.6 is 0 Å². The van der Waals surface area contributed by atoms with Crippen LogP contribution in [0.25, 0.3) is 0 Å². The second kappa shape index (κ2) is 9.37. The minimum absolute atomic E-state index is 0.132. The van der Waals surface area contributed by atoms with Crippen LogP contribution in [0.2, 0.25) is 0 Å². The highest BCUT2D eigenvalue weighted by Gasteiger charge is 2.52. The monoisotopic (exact) mass is 496 g/mol. The van der Waals surface area contributed by atoms with E-state index in [1.165, 1.54) is 22.6 Å². The predicted molar refractivity (Wildman–Crippen MR) is 133 cm³/mol. The third-order valence-electron chi connectivity index (χ3n) is 7.71. The number of sulfone groups is 1. The fourth-order valence-corrected chi connectivity index (χ4v) is 6.28. The van der Waals surface area contributed by atoms with Crippen molar-refractivity contribution in [2.45, 2.75) is 35.7 Å². The Labute approximate surface area is 206 Å². The van der Waals surface area contributed by atoms with E-state index in [9.17, 15) is 18.0 Å². The van der Waals surface area contributed by atoms with Crippen LogP contribution in [0.3, 0.4) is 0 Å². The lowest BCUT2D eigenvalue weighted by Gasteiger charge is -2.38. The number of urea groups is 1. The number of likely N-dealkylation sites (tertiary alicyclic amines) is 1. The van der Waals surface area contributed by atoms with Gasteiger partial charge in [0.2, 0.25) is 0 Å². The SMILES string of the molecule is CS(=O)(=O)c1ccc(CN2C(=O)NC3(CCN(CC4CNCC4c4ccccc4)CC3)C2=O)cc1. The predicted octanol–water partition coefficient (Wildman–Crippen LogP) is 1.98. The van der Waals surface area contributed by atoms with Crippen molar-refractivity contribution in [1.29, 1.82) is 0 Å². The van der Waals surface area contributed by atoms with E-state index in [0.717, 1.165) is 44.5 Å². The Morgan fingerprint density at radius 2 is 1.66 bits per heavy atom. The van der Waals surface area contributed by atoms with Crippen molar-refractivity contribution in [3.05, 3.63) is 65.7 Å². The summed E-state index contributed by atoms with van der Waals surface area (Å²) in [6.07, 6.45) is 2.34. The summed E-state index contributed by atoms with van der Waals surface area (Å²) in [6.45, 7) is 4.61. The maximum absolute atomic E-state index is 13.3. The zero-order valence-corrected chi connectivity index (χ0v) is 20.8. The zero-order valence-electron chi connectivity index (χ0n) is 19.9. The van der Waals surface area contributed by atoms with E-state index in [4.69, 9.17) is 0 Å². The van der Waals surface area contributed by atoms with Gasteiger partial charge >= 0.3 is 6.03 Å². The number of carbonyl (C=O) groups is 2. The number of nitrogens with zero attached hydrogens (tertiary/aromatic N) is 2. The molecule has 1 spiro atoms. The molecule has 5 rings (SSSR count). The molecule has 2 N–H and O–H groups in total. The summed E-state index contributed by atoms with van der Waals surface area (Å²) >= 11 is 0. The van der Waals surface area contributed by atoms with Gasteiger partial charge in [0.15, 0.2) is 9.84 Å². The van der Waals surface area contributed by atoms with E-state index < -0.39 is 15.4 Å². The highest BCUT2D eigenvalue weighted by molar-refractivity contribution is 7.90. The summed E-state index contributed by atoms with van der Waals surface area (Å²) in [5.74, 6) is 0.829. The molecular formula is C26H32N4O4S. The van der Waals surface area contributed by atoms with Crippen LogP contribution in [0.1, 0.15) is 29.9 Å². The molecule has 0 aliphatic carbocycles. The highest BCUT2D eigenvalue weighted by atomic mass is 32.2. The first-order valence-corrected chi connectivity index (χ1v) is 14.1. The summed E-state index contributed by atoms with van der Waals surface area (Å²) in [4.78, 5) is 30.0.